The van der Waals surface area contributed by atoms with Gasteiger partial charge in [0.1, 0.15) is 5.52 Å². The van der Waals surface area contributed by atoms with E-state index in [4.69, 9.17) is 4.42 Å². The molecule has 1 aromatic heterocycles. The van der Waals surface area contributed by atoms with E-state index in [-0.39, 0.29) is 15.9 Å². The number of fused-ring (bicyclic) bond motifs is 1. The number of carbonyl (C=O) groups is 1. The summed E-state index contributed by atoms with van der Waals surface area (Å²) in [7, 11) is 0. The molecular weight excluding hydrogens is 429 g/mol. The fraction of sp³-hybridized carbons (Fsp3) is 0.579. The van der Waals surface area contributed by atoms with Crippen LogP contribution in [-0.2, 0) is 4.79 Å². The minimum absolute atomic E-state index is 0.00807. The van der Waals surface area contributed by atoms with Crippen molar-refractivity contribution in [2.24, 2.45) is 5.92 Å². The van der Waals surface area contributed by atoms with Crippen molar-refractivity contribution < 1.29 is 9.21 Å². The van der Waals surface area contributed by atoms with Crippen LogP contribution in [0.25, 0.3) is 11.1 Å². The summed E-state index contributed by atoms with van der Waals surface area (Å²) in [6.07, 6.45) is 7.94. The number of carbonyl (C=O) groups excluding carboxylic acids is 1. The first-order chi connectivity index (χ1) is 12.2. The number of nitrogens with one attached hydrogen (secondary N) is 1. The Bertz CT molecular complexity index is 708. The first-order valence-electron chi connectivity index (χ1n) is 9.29. The monoisotopic (exact) mass is 453 g/mol. The number of anilines is 1. The van der Waals surface area contributed by atoms with E-state index in [2.05, 4.69) is 37.8 Å². The van der Waals surface area contributed by atoms with E-state index < -0.39 is 0 Å². The van der Waals surface area contributed by atoms with E-state index in [1.807, 2.05) is 24.3 Å². The van der Waals surface area contributed by atoms with Crippen LogP contribution in [0.5, 0.6) is 0 Å². The number of halogens is 1. The molecule has 2 atom stereocenters. The zero-order valence-corrected chi connectivity index (χ0v) is 16.4. The minimum Gasteiger partial charge on any atom is -0.423 e. The molecule has 25 heavy (non-hydrogen) atoms. The second-order valence-corrected chi connectivity index (χ2v) is 8.40. The highest BCUT2D eigenvalue weighted by molar-refractivity contribution is 14.1. The van der Waals surface area contributed by atoms with Gasteiger partial charge in [-0.3, -0.25) is 4.79 Å². The van der Waals surface area contributed by atoms with E-state index in [9.17, 15) is 4.79 Å². The summed E-state index contributed by atoms with van der Waals surface area (Å²) < 4.78 is 6.01. The first kappa shape index (κ1) is 17.1. The van der Waals surface area contributed by atoms with Gasteiger partial charge >= 0.3 is 0 Å². The molecule has 4 rings (SSSR count). The van der Waals surface area contributed by atoms with Crippen LogP contribution in [0.2, 0.25) is 0 Å². The molecule has 6 heteroatoms. The lowest BCUT2D eigenvalue weighted by Gasteiger charge is -2.37. The summed E-state index contributed by atoms with van der Waals surface area (Å²) >= 11 is 2.38. The van der Waals surface area contributed by atoms with Crippen molar-refractivity contribution in [1.82, 2.24) is 10.3 Å². The number of nitrogens with zero attached hydrogens (tertiary/aromatic N) is 2. The molecule has 2 aromatic rings. The normalized spacial score (nSPS) is 25.2. The van der Waals surface area contributed by atoms with Gasteiger partial charge in [0.2, 0.25) is 5.91 Å². The lowest BCUT2D eigenvalue weighted by Crippen LogP contribution is -2.50. The largest absolute Gasteiger partial charge is 0.423 e. The number of para-hydroxylation sites is 2. The maximum Gasteiger partial charge on any atom is 0.299 e. The molecule has 2 aliphatic rings. The van der Waals surface area contributed by atoms with E-state index in [0.717, 1.165) is 43.3 Å². The van der Waals surface area contributed by atoms with Crippen LogP contribution in [0, 0.1) is 5.92 Å². The Hall–Kier alpha value is -1.31. The molecule has 1 amide bonds. The number of oxazole rings is 1. The van der Waals surface area contributed by atoms with Crippen LogP contribution >= 0.6 is 22.6 Å². The number of piperidine rings is 1. The predicted octanol–water partition coefficient (Wildman–Crippen LogP) is 4.25. The highest BCUT2D eigenvalue weighted by Crippen LogP contribution is 2.34. The van der Waals surface area contributed by atoms with Gasteiger partial charge in [0, 0.05) is 12.6 Å². The summed E-state index contributed by atoms with van der Waals surface area (Å²) in [5, 5.41) is 3.30. The third-order valence-electron chi connectivity index (χ3n) is 5.36. The fourth-order valence-corrected chi connectivity index (χ4v) is 5.16. The van der Waals surface area contributed by atoms with E-state index in [1.54, 1.807) is 0 Å². The van der Waals surface area contributed by atoms with Crippen molar-refractivity contribution in [2.75, 3.05) is 11.4 Å². The Morgan fingerprint density at radius 2 is 1.96 bits per heavy atom. The second-order valence-electron chi connectivity index (χ2n) is 7.12. The number of hydrogen-bond donors (Lipinski definition) is 1. The van der Waals surface area contributed by atoms with Crippen LogP contribution in [0.1, 0.15) is 44.9 Å². The third kappa shape index (κ3) is 3.64. The Morgan fingerprint density at radius 1 is 1.16 bits per heavy atom. The number of amides is 1. The number of rotatable bonds is 3. The Labute approximate surface area is 161 Å². The standard InChI is InChI=1S/C19H24IN3O2/c20-17-14(18(24)21-13-7-2-1-3-8-13)9-6-12-23(17)19-22-15-10-4-5-11-16(15)25-19/h4-5,10-11,13-14,17H,1-3,6-9,12H2,(H,21,24)/t14-,17?/m1/s1. The van der Waals surface area contributed by atoms with Crippen molar-refractivity contribution in [3.8, 4) is 0 Å². The number of aromatic nitrogens is 1. The molecule has 0 spiro atoms. The smallest absolute Gasteiger partial charge is 0.299 e. The number of hydrogen-bond acceptors (Lipinski definition) is 4. The van der Waals surface area contributed by atoms with Crippen molar-refractivity contribution in [3.63, 3.8) is 0 Å². The Kier molecular flexibility index (Phi) is 5.15. The molecule has 5 nitrogen and oxygen atoms in total. The maximum atomic E-state index is 12.8. The van der Waals surface area contributed by atoms with Crippen molar-refractivity contribution in [2.45, 2.75) is 55.0 Å². The Morgan fingerprint density at radius 3 is 2.76 bits per heavy atom. The van der Waals surface area contributed by atoms with Gasteiger partial charge in [0.15, 0.2) is 5.58 Å². The molecule has 2 heterocycles. The van der Waals surface area contributed by atoms with Crippen LogP contribution in [0.3, 0.4) is 0 Å². The van der Waals surface area contributed by atoms with Gasteiger partial charge in [-0.25, -0.2) is 0 Å². The summed E-state index contributed by atoms with van der Waals surface area (Å²) in [5.74, 6) is 0.193. The van der Waals surface area contributed by atoms with E-state index in [1.165, 1.54) is 19.3 Å². The quantitative estimate of drug-likeness (QED) is 0.429. The van der Waals surface area contributed by atoms with Gasteiger partial charge < -0.3 is 14.6 Å². The van der Waals surface area contributed by atoms with Gasteiger partial charge in [-0.2, -0.15) is 4.98 Å². The maximum absolute atomic E-state index is 12.8. The average molecular weight is 453 g/mol. The molecule has 1 aliphatic heterocycles. The molecule has 0 radical (unpaired) electrons. The van der Waals surface area contributed by atoms with Crippen molar-refractivity contribution in [1.29, 1.82) is 0 Å². The second kappa shape index (κ2) is 7.51. The Balaban J connectivity index is 1.48. The van der Waals surface area contributed by atoms with Gasteiger partial charge in [0.05, 0.1) is 9.97 Å². The molecule has 134 valence electrons. The molecule has 1 saturated carbocycles. The molecule has 1 aromatic carbocycles. The lowest BCUT2D eigenvalue weighted by atomic mass is 9.93. The predicted molar refractivity (Wildman–Crippen MR) is 107 cm³/mol. The third-order valence-corrected chi connectivity index (χ3v) is 6.90. The zero-order valence-electron chi connectivity index (χ0n) is 14.3. The molecule has 1 aliphatic carbocycles. The molecule has 1 saturated heterocycles. The topological polar surface area (TPSA) is 58.4 Å². The van der Waals surface area contributed by atoms with Crippen molar-refractivity contribution in [3.05, 3.63) is 24.3 Å². The van der Waals surface area contributed by atoms with E-state index in [0.29, 0.717) is 12.1 Å². The lowest BCUT2D eigenvalue weighted by molar-refractivity contribution is -0.126. The van der Waals surface area contributed by atoms with Crippen LogP contribution in [-0.4, -0.2) is 27.5 Å². The van der Waals surface area contributed by atoms with Crippen LogP contribution in [0.4, 0.5) is 6.01 Å². The molecule has 1 N–H and O–H groups in total. The van der Waals surface area contributed by atoms with Gasteiger partial charge in [-0.15, -0.1) is 0 Å². The zero-order chi connectivity index (χ0) is 17.2. The van der Waals surface area contributed by atoms with Gasteiger partial charge in [-0.1, -0.05) is 54.0 Å². The number of alkyl halides is 1. The van der Waals surface area contributed by atoms with Crippen LogP contribution < -0.4 is 10.2 Å². The van der Waals surface area contributed by atoms with Gasteiger partial charge in [-0.05, 0) is 37.8 Å². The highest BCUT2D eigenvalue weighted by Gasteiger charge is 2.37. The summed E-state index contributed by atoms with van der Waals surface area (Å²) in [6, 6.07) is 8.82. The SMILES string of the molecule is O=C(NC1CCCCC1)[C@@H]1CCCN(c2nc3ccccc3o2)C1I. The molecular formula is C19H24IN3O2. The fourth-order valence-electron chi connectivity index (χ4n) is 3.95. The minimum atomic E-state index is -0.00807. The van der Waals surface area contributed by atoms with E-state index >= 15 is 0 Å². The summed E-state index contributed by atoms with van der Waals surface area (Å²) in [4.78, 5) is 19.6. The molecule has 2 fully saturated rings. The number of benzene rings is 1. The average Bonchev–Trinajstić information content (AvgIpc) is 3.06. The van der Waals surface area contributed by atoms with Crippen molar-refractivity contribution >= 4 is 45.6 Å². The molecule has 1 unspecified atom stereocenters. The highest BCUT2D eigenvalue weighted by atomic mass is 127. The molecule has 0 bridgehead atoms. The first-order valence-corrected chi connectivity index (χ1v) is 10.5. The van der Waals surface area contributed by atoms with Gasteiger partial charge in [0.25, 0.3) is 6.01 Å². The summed E-state index contributed by atoms with van der Waals surface area (Å²) in [5.41, 5.74) is 1.67. The van der Waals surface area contributed by atoms with Crippen LogP contribution in [0.15, 0.2) is 28.7 Å². The summed E-state index contributed by atoms with van der Waals surface area (Å²) in [6.45, 7) is 0.883.